The van der Waals surface area contributed by atoms with Crippen LogP contribution in [0.3, 0.4) is 0 Å². The topological polar surface area (TPSA) is 51.7 Å². The fourth-order valence-electron chi connectivity index (χ4n) is 3.59. The maximum atomic E-state index is 13.8. The molecular weight excluding hydrogens is 408 g/mol. The summed E-state index contributed by atoms with van der Waals surface area (Å²) in [5, 5.41) is 0.662. The summed E-state index contributed by atoms with van der Waals surface area (Å²) >= 11 is 1.52. The second-order valence-corrected chi connectivity index (χ2v) is 8.04. The van der Waals surface area contributed by atoms with Crippen LogP contribution in [0.4, 0.5) is 5.13 Å². The zero-order valence-corrected chi connectivity index (χ0v) is 18.6. The van der Waals surface area contributed by atoms with Crippen LogP contribution >= 0.6 is 11.3 Å². The molecule has 0 spiro atoms. The van der Waals surface area contributed by atoms with Gasteiger partial charge in [-0.2, -0.15) is 0 Å². The highest BCUT2D eigenvalue weighted by atomic mass is 32.1. The van der Waals surface area contributed by atoms with Crippen molar-refractivity contribution in [1.29, 1.82) is 0 Å². The molecule has 0 radical (unpaired) electrons. The molecular formula is C25H24N2O3S. The molecule has 5 nitrogen and oxygen atoms in total. The van der Waals surface area contributed by atoms with Crippen LogP contribution in [0.2, 0.25) is 0 Å². The van der Waals surface area contributed by atoms with Gasteiger partial charge < -0.3 is 9.47 Å². The Labute approximate surface area is 185 Å². The Kier molecular flexibility index (Phi) is 6.18. The Morgan fingerprint density at radius 1 is 0.968 bits per heavy atom. The molecule has 0 fully saturated rings. The molecule has 0 saturated carbocycles. The van der Waals surface area contributed by atoms with Gasteiger partial charge in [0.05, 0.1) is 36.5 Å². The van der Waals surface area contributed by atoms with E-state index in [0.29, 0.717) is 28.7 Å². The fourth-order valence-corrected chi connectivity index (χ4v) is 4.60. The molecule has 1 aromatic heterocycles. The summed E-state index contributed by atoms with van der Waals surface area (Å²) in [6.45, 7) is 2.52. The molecule has 3 aromatic carbocycles. The average Bonchev–Trinajstić information content (AvgIpc) is 3.26. The molecule has 0 saturated heterocycles. The SMILES string of the molecule is CCc1cccc2sc(N(Cc3ccccc3)C(=O)c3cccc(OC)c3OC)nc12. The second kappa shape index (κ2) is 9.18. The van der Waals surface area contributed by atoms with E-state index in [9.17, 15) is 4.79 Å². The van der Waals surface area contributed by atoms with E-state index in [1.165, 1.54) is 16.9 Å². The van der Waals surface area contributed by atoms with E-state index in [2.05, 4.69) is 13.0 Å². The normalized spacial score (nSPS) is 10.8. The highest BCUT2D eigenvalue weighted by molar-refractivity contribution is 7.22. The predicted octanol–water partition coefficient (Wildman–Crippen LogP) is 5.72. The lowest BCUT2D eigenvalue weighted by Gasteiger charge is -2.22. The lowest BCUT2D eigenvalue weighted by molar-refractivity contribution is 0.0981. The number of carbonyl (C=O) groups excluding carboxylic acids is 1. The summed E-state index contributed by atoms with van der Waals surface area (Å²) in [4.78, 5) is 20.4. The van der Waals surface area contributed by atoms with E-state index >= 15 is 0 Å². The van der Waals surface area contributed by atoms with Gasteiger partial charge in [0, 0.05) is 0 Å². The third-order valence-electron chi connectivity index (χ3n) is 5.17. The number of benzene rings is 3. The molecule has 0 aliphatic carbocycles. The van der Waals surface area contributed by atoms with Gasteiger partial charge in [-0.3, -0.25) is 9.69 Å². The van der Waals surface area contributed by atoms with E-state index in [1.54, 1.807) is 37.3 Å². The molecule has 0 atom stereocenters. The first kappa shape index (κ1) is 20.9. The first-order valence-corrected chi connectivity index (χ1v) is 10.9. The number of ether oxygens (including phenoxy) is 2. The zero-order chi connectivity index (χ0) is 21.8. The third-order valence-corrected chi connectivity index (χ3v) is 6.21. The van der Waals surface area contributed by atoms with Crippen molar-refractivity contribution >= 4 is 32.6 Å². The first-order valence-electron chi connectivity index (χ1n) is 10.1. The Hall–Kier alpha value is -3.38. The first-order chi connectivity index (χ1) is 15.2. The lowest BCUT2D eigenvalue weighted by atomic mass is 10.1. The van der Waals surface area contributed by atoms with Crippen LogP contribution in [0.15, 0.2) is 66.7 Å². The van der Waals surface area contributed by atoms with Crippen molar-refractivity contribution in [1.82, 2.24) is 4.98 Å². The molecule has 31 heavy (non-hydrogen) atoms. The minimum absolute atomic E-state index is 0.184. The Morgan fingerprint density at radius 3 is 2.45 bits per heavy atom. The highest BCUT2D eigenvalue weighted by Crippen LogP contribution is 2.36. The van der Waals surface area contributed by atoms with Crippen LogP contribution in [0.25, 0.3) is 10.2 Å². The predicted molar refractivity (Wildman–Crippen MR) is 125 cm³/mol. The van der Waals surface area contributed by atoms with Crippen molar-refractivity contribution in [3.63, 3.8) is 0 Å². The largest absolute Gasteiger partial charge is 0.493 e. The summed E-state index contributed by atoms with van der Waals surface area (Å²) in [5.41, 5.74) is 3.58. The number of aryl methyl sites for hydroxylation is 1. The van der Waals surface area contributed by atoms with E-state index < -0.39 is 0 Å². The lowest BCUT2D eigenvalue weighted by Crippen LogP contribution is -2.30. The van der Waals surface area contributed by atoms with Crippen molar-refractivity contribution in [2.45, 2.75) is 19.9 Å². The van der Waals surface area contributed by atoms with Gasteiger partial charge in [-0.1, -0.05) is 66.8 Å². The Morgan fingerprint density at radius 2 is 1.74 bits per heavy atom. The van der Waals surface area contributed by atoms with Crippen LogP contribution < -0.4 is 14.4 Å². The number of carbonyl (C=O) groups is 1. The van der Waals surface area contributed by atoms with E-state index in [4.69, 9.17) is 14.5 Å². The molecule has 1 amide bonds. The molecule has 1 heterocycles. The zero-order valence-electron chi connectivity index (χ0n) is 17.8. The number of methoxy groups -OCH3 is 2. The van der Waals surface area contributed by atoms with Crippen molar-refractivity contribution in [2.24, 2.45) is 0 Å². The molecule has 4 aromatic rings. The average molecular weight is 433 g/mol. The fraction of sp³-hybridized carbons (Fsp3) is 0.200. The number of aromatic nitrogens is 1. The molecule has 6 heteroatoms. The number of anilines is 1. The standard InChI is InChI=1S/C25H24N2O3S/c1-4-18-12-8-15-21-22(18)26-25(31-21)27(16-17-10-6-5-7-11-17)24(28)19-13-9-14-20(29-2)23(19)30-3/h5-15H,4,16H2,1-3H3. The Balaban J connectivity index is 1.83. The summed E-state index contributed by atoms with van der Waals surface area (Å²) in [6, 6.07) is 21.4. The van der Waals surface area contributed by atoms with Crippen molar-refractivity contribution in [3.8, 4) is 11.5 Å². The van der Waals surface area contributed by atoms with Crippen LogP contribution in [0.5, 0.6) is 11.5 Å². The van der Waals surface area contributed by atoms with Crippen LogP contribution in [0.1, 0.15) is 28.4 Å². The minimum Gasteiger partial charge on any atom is -0.493 e. The summed E-state index contributed by atoms with van der Waals surface area (Å²) < 4.78 is 12.0. The number of nitrogens with zero attached hydrogens (tertiary/aromatic N) is 2. The number of amides is 1. The summed E-state index contributed by atoms with van der Waals surface area (Å²) in [5.74, 6) is 0.755. The van der Waals surface area contributed by atoms with E-state index in [1.807, 2.05) is 42.5 Å². The molecule has 0 aliphatic heterocycles. The van der Waals surface area contributed by atoms with Gasteiger partial charge >= 0.3 is 0 Å². The molecule has 0 aliphatic rings. The minimum atomic E-state index is -0.184. The van der Waals surface area contributed by atoms with Gasteiger partial charge in [0.2, 0.25) is 0 Å². The second-order valence-electron chi connectivity index (χ2n) is 7.03. The third kappa shape index (κ3) is 4.11. The Bertz CT molecular complexity index is 1200. The van der Waals surface area contributed by atoms with Crippen molar-refractivity contribution < 1.29 is 14.3 Å². The molecule has 4 rings (SSSR count). The van der Waals surface area contributed by atoms with Gasteiger partial charge in [-0.05, 0) is 35.7 Å². The van der Waals surface area contributed by atoms with Crippen LogP contribution in [-0.4, -0.2) is 25.1 Å². The number of hydrogen-bond donors (Lipinski definition) is 0. The summed E-state index contributed by atoms with van der Waals surface area (Å²) in [6.07, 6.45) is 0.886. The van der Waals surface area contributed by atoms with Gasteiger partial charge in [0.25, 0.3) is 5.91 Å². The van der Waals surface area contributed by atoms with Crippen molar-refractivity contribution in [2.75, 3.05) is 19.1 Å². The maximum absolute atomic E-state index is 13.8. The number of para-hydroxylation sites is 2. The van der Waals surface area contributed by atoms with Gasteiger partial charge in [0.1, 0.15) is 0 Å². The monoisotopic (exact) mass is 432 g/mol. The van der Waals surface area contributed by atoms with Crippen molar-refractivity contribution in [3.05, 3.63) is 83.4 Å². The smallest absolute Gasteiger partial charge is 0.264 e. The van der Waals surface area contributed by atoms with Gasteiger partial charge in [0.15, 0.2) is 16.6 Å². The number of thiazole rings is 1. The van der Waals surface area contributed by atoms with E-state index in [-0.39, 0.29) is 5.91 Å². The molecule has 0 N–H and O–H groups in total. The van der Waals surface area contributed by atoms with Gasteiger partial charge in [-0.25, -0.2) is 4.98 Å². The summed E-state index contributed by atoms with van der Waals surface area (Å²) in [7, 11) is 3.11. The van der Waals surface area contributed by atoms with Gasteiger partial charge in [-0.15, -0.1) is 0 Å². The van der Waals surface area contributed by atoms with Crippen LogP contribution in [-0.2, 0) is 13.0 Å². The number of fused-ring (bicyclic) bond motifs is 1. The number of rotatable bonds is 7. The number of hydrogen-bond acceptors (Lipinski definition) is 5. The molecule has 0 bridgehead atoms. The maximum Gasteiger partial charge on any atom is 0.264 e. The molecule has 0 unspecified atom stereocenters. The molecule has 158 valence electrons. The van der Waals surface area contributed by atoms with E-state index in [0.717, 1.165) is 22.2 Å². The van der Waals surface area contributed by atoms with Crippen LogP contribution in [0, 0.1) is 0 Å². The highest BCUT2D eigenvalue weighted by Gasteiger charge is 2.26. The quantitative estimate of drug-likeness (QED) is 0.375.